The number of terminal acetylenes is 1. The van der Waals surface area contributed by atoms with Crippen LogP contribution in [0.1, 0.15) is 30.9 Å². The number of benzene rings is 1. The smallest absolute Gasteiger partial charge is 0.0561 e. The Kier molecular flexibility index (Phi) is 11.1. The van der Waals surface area contributed by atoms with Gasteiger partial charge in [-0.05, 0) is 24.1 Å². The molecule has 7 nitrogen and oxygen atoms in total. The van der Waals surface area contributed by atoms with Crippen LogP contribution in [0.2, 0.25) is 0 Å². The van der Waals surface area contributed by atoms with Gasteiger partial charge in [0.25, 0.3) is 0 Å². The first kappa shape index (κ1) is 26.1. The van der Waals surface area contributed by atoms with Gasteiger partial charge in [0.15, 0.2) is 0 Å². The summed E-state index contributed by atoms with van der Waals surface area (Å²) in [5.74, 6) is 2.70. The molecule has 1 aromatic carbocycles. The fraction of sp³-hybridized carbons (Fsp3) is 0.692. The highest BCUT2D eigenvalue weighted by atomic mass is 15.1. The molecule has 3 aliphatic heterocycles. The maximum Gasteiger partial charge on any atom is 0.0561 e. The first-order chi connectivity index (χ1) is 16.2. The molecule has 0 saturated carbocycles. The average molecular weight is 456 g/mol. The molecule has 0 amide bonds. The Balaban J connectivity index is 1.71. The highest BCUT2D eigenvalue weighted by Crippen LogP contribution is 2.22. The SMILES string of the molecule is C#Cc1ccc(CNC23CNCCNCC(CCC)(CNCCNC2)CNCCNC3)cc1. The van der Waals surface area contributed by atoms with Gasteiger partial charge in [0, 0.05) is 96.1 Å². The maximum absolute atomic E-state index is 5.52. The van der Waals surface area contributed by atoms with Crippen molar-refractivity contribution in [3.8, 4) is 12.3 Å². The second-order valence-corrected chi connectivity index (χ2v) is 9.79. The fourth-order valence-corrected chi connectivity index (χ4v) is 4.94. The van der Waals surface area contributed by atoms with Gasteiger partial charge in [0.1, 0.15) is 0 Å². The van der Waals surface area contributed by atoms with E-state index < -0.39 is 0 Å². The molecule has 4 rings (SSSR count). The van der Waals surface area contributed by atoms with Crippen molar-refractivity contribution in [3.05, 3.63) is 35.4 Å². The molecule has 184 valence electrons. The van der Waals surface area contributed by atoms with Crippen LogP contribution >= 0.6 is 0 Å². The summed E-state index contributed by atoms with van der Waals surface area (Å²) < 4.78 is 0. The summed E-state index contributed by atoms with van der Waals surface area (Å²) in [7, 11) is 0. The number of fused-ring (bicyclic) bond motifs is 15. The van der Waals surface area contributed by atoms with Gasteiger partial charge < -0.3 is 37.2 Å². The van der Waals surface area contributed by atoms with Gasteiger partial charge in [-0.2, -0.15) is 0 Å². The van der Waals surface area contributed by atoms with E-state index in [1.807, 2.05) is 12.1 Å². The third kappa shape index (κ3) is 8.66. The highest BCUT2D eigenvalue weighted by molar-refractivity contribution is 5.34. The van der Waals surface area contributed by atoms with E-state index >= 15 is 0 Å². The molecule has 0 unspecified atom stereocenters. The number of nitrogens with one attached hydrogen (secondary N) is 7. The predicted octanol–water partition coefficient (Wildman–Crippen LogP) is -0.152. The first-order valence-corrected chi connectivity index (χ1v) is 12.7. The summed E-state index contributed by atoms with van der Waals surface area (Å²) in [6.45, 7) is 14.8. The summed E-state index contributed by atoms with van der Waals surface area (Å²) in [6, 6.07) is 8.29. The first-order valence-electron chi connectivity index (χ1n) is 12.7. The second-order valence-electron chi connectivity index (χ2n) is 9.79. The summed E-state index contributed by atoms with van der Waals surface area (Å²) in [6.07, 6.45) is 7.95. The number of rotatable bonds is 5. The average Bonchev–Trinajstić information content (AvgIpc) is 2.84. The van der Waals surface area contributed by atoms with E-state index in [9.17, 15) is 0 Å². The molecule has 3 aliphatic rings. The number of hydrogen-bond donors (Lipinski definition) is 7. The van der Waals surface area contributed by atoms with Crippen LogP contribution < -0.4 is 37.2 Å². The molecule has 0 aliphatic carbocycles. The zero-order chi connectivity index (χ0) is 23.2. The highest BCUT2D eigenvalue weighted by Gasteiger charge is 2.31. The quantitative estimate of drug-likeness (QED) is 0.311. The van der Waals surface area contributed by atoms with Gasteiger partial charge in [0.2, 0.25) is 0 Å². The van der Waals surface area contributed by atoms with E-state index in [-0.39, 0.29) is 11.0 Å². The Morgan fingerprint density at radius 1 is 0.758 bits per heavy atom. The lowest BCUT2D eigenvalue weighted by atomic mass is 9.82. The molecule has 7 heteroatoms. The van der Waals surface area contributed by atoms with Crippen molar-refractivity contribution in [1.82, 2.24) is 37.2 Å². The molecule has 3 heterocycles. The van der Waals surface area contributed by atoms with Crippen LogP contribution in [0, 0.1) is 17.8 Å². The molecule has 3 saturated heterocycles. The zero-order valence-corrected chi connectivity index (χ0v) is 20.5. The van der Waals surface area contributed by atoms with Crippen molar-refractivity contribution in [3.63, 3.8) is 0 Å². The lowest BCUT2D eigenvalue weighted by molar-refractivity contribution is 0.217. The fourth-order valence-electron chi connectivity index (χ4n) is 4.94. The van der Waals surface area contributed by atoms with Crippen molar-refractivity contribution in [2.75, 3.05) is 78.5 Å². The lowest BCUT2D eigenvalue weighted by Gasteiger charge is -2.38. The van der Waals surface area contributed by atoms with Crippen LogP contribution in [-0.4, -0.2) is 84.1 Å². The molecule has 7 N–H and O–H groups in total. The van der Waals surface area contributed by atoms with Gasteiger partial charge in [0.05, 0.1) is 5.54 Å². The van der Waals surface area contributed by atoms with E-state index in [4.69, 9.17) is 6.42 Å². The minimum atomic E-state index is -0.0923. The van der Waals surface area contributed by atoms with Gasteiger partial charge in [-0.15, -0.1) is 6.42 Å². The van der Waals surface area contributed by atoms with E-state index in [2.05, 4.69) is 62.2 Å². The summed E-state index contributed by atoms with van der Waals surface area (Å²) in [5.41, 5.74) is 2.33. The predicted molar refractivity (Wildman–Crippen MR) is 139 cm³/mol. The van der Waals surface area contributed by atoms with E-state index in [1.165, 1.54) is 18.4 Å². The minimum Gasteiger partial charge on any atom is -0.315 e. The van der Waals surface area contributed by atoms with Crippen LogP contribution in [0.5, 0.6) is 0 Å². The van der Waals surface area contributed by atoms with E-state index in [1.54, 1.807) is 0 Å². The van der Waals surface area contributed by atoms with E-state index in [0.717, 1.165) is 90.6 Å². The zero-order valence-electron chi connectivity index (χ0n) is 20.5. The van der Waals surface area contributed by atoms with Crippen molar-refractivity contribution in [2.45, 2.75) is 31.8 Å². The molecule has 2 bridgehead atoms. The molecule has 3 fully saturated rings. The van der Waals surface area contributed by atoms with Gasteiger partial charge in [-0.25, -0.2) is 0 Å². The molecule has 0 atom stereocenters. The van der Waals surface area contributed by atoms with Gasteiger partial charge in [-0.1, -0.05) is 31.4 Å². The largest absolute Gasteiger partial charge is 0.315 e. The van der Waals surface area contributed by atoms with Crippen LogP contribution in [-0.2, 0) is 6.54 Å². The molecule has 1 aromatic rings. The summed E-state index contributed by atoms with van der Waals surface area (Å²) in [5, 5.41) is 26.3. The van der Waals surface area contributed by atoms with Crippen LogP contribution in [0.25, 0.3) is 0 Å². The molecule has 0 spiro atoms. The normalized spacial score (nSPS) is 28.5. The maximum atomic E-state index is 5.52. The monoisotopic (exact) mass is 455 g/mol. The molecular weight excluding hydrogens is 410 g/mol. The third-order valence-electron chi connectivity index (χ3n) is 6.89. The lowest BCUT2D eigenvalue weighted by Crippen LogP contribution is -2.64. The third-order valence-corrected chi connectivity index (χ3v) is 6.89. The van der Waals surface area contributed by atoms with Gasteiger partial charge >= 0.3 is 0 Å². The molecule has 0 radical (unpaired) electrons. The van der Waals surface area contributed by atoms with Crippen molar-refractivity contribution >= 4 is 0 Å². The Hall–Kier alpha value is -1.50. The van der Waals surface area contributed by atoms with Crippen molar-refractivity contribution in [2.24, 2.45) is 5.41 Å². The Morgan fingerprint density at radius 3 is 1.64 bits per heavy atom. The Bertz CT molecular complexity index is 669. The van der Waals surface area contributed by atoms with Crippen molar-refractivity contribution < 1.29 is 0 Å². The van der Waals surface area contributed by atoms with Crippen molar-refractivity contribution in [1.29, 1.82) is 0 Å². The second kappa shape index (κ2) is 14.0. The topological polar surface area (TPSA) is 84.2 Å². The van der Waals surface area contributed by atoms with Crippen LogP contribution in [0.4, 0.5) is 0 Å². The minimum absolute atomic E-state index is 0.0923. The standard InChI is InChI=1S/C26H45N7/c1-3-9-25-17-27-10-13-30-20-26(21-31-14-11-28-18-25,22-32-15-12-29-19-25)33-16-24-7-5-23(4-2)6-8-24/h2,5-8,27-33H,3,9-22H2,1H3. The summed E-state index contributed by atoms with van der Waals surface area (Å²) in [4.78, 5) is 0. The van der Waals surface area contributed by atoms with Crippen LogP contribution in [0.3, 0.4) is 0 Å². The van der Waals surface area contributed by atoms with E-state index in [0.29, 0.717) is 0 Å². The van der Waals surface area contributed by atoms with Crippen LogP contribution in [0.15, 0.2) is 24.3 Å². The molecular formula is C26H45N7. The number of hydrogen-bond acceptors (Lipinski definition) is 7. The van der Waals surface area contributed by atoms with Gasteiger partial charge in [-0.3, -0.25) is 0 Å². The molecule has 0 aromatic heterocycles. The molecule has 33 heavy (non-hydrogen) atoms. The summed E-state index contributed by atoms with van der Waals surface area (Å²) >= 11 is 0. The Morgan fingerprint density at radius 2 is 1.21 bits per heavy atom. The Labute approximate surface area is 201 Å².